The van der Waals surface area contributed by atoms with E-state index in [1.165, 1.54) is 0 Å². The average Bonchev–Trinajstić information content (AvgIpc) is 3.59. The number of nitro benzene ring substituents is 1. The number of nitro groups is 1. The minimum atomic E-state index is -1.51. The molecule has 2 fully saturated rings. The molecule has 160 valence electrons. The van der Waals surface area contributed by atoms with Crippen LogP contribution in [0, 0.1) is 10.1 Å². The van der Waals surface area contributed by atoms with Crippen molar-refractivity contribution in [2.75, 3.05) is 51.3 Å². The number of benzene rings is 2. The molecule has 7 nitrogen and oxygen atoms in total. The van der Waals surface area contributed by atoms with E-state index in [1.807, 2.05) is 55.4 Å². The van der Waals surface area contributed by atoms with E-state index in [4.69, 9.17) is 4.74 Å². The van der Waals surface area contributed by atoms with Gasteiger partial charge < -0.3 is 9.64 Å². The van der Waals surface area contributed by atoms with E-state index in [9.17, 15) is 10.1 Å². The molecule has 2 saturated heterocycles. The van der Waals surface area contributed by atoms with Crippen molar-refractivity contribution in [1.82, 2.24) is 9.34 Å². The van der Waals surface area contributed by atoms with Gasteiger partial charge in [0.05, 0.1) is 4.92 Å². The standard InChI is InChI=1S/C22H29N4O3P/c1-17(16-30(4,24-10-11-24)25-12-13-25)18-8-9-21(26(27)28)22(14-18)29-20-7-5-6-19(15-20)23(2)3/h5-9,14-15,17H,4,10-13,16H2,1-3H3. The summed E-state index contributed by atoms with van der Waals surface area (Å²) >= 11 is 0. The van der Waals surface area contributed by atoms with Crippen LogP contribution >= 0.6 is 7.19 Å². The molecule has 2 heterocycles. The first-order chi connectivity index (χ1) is 14.3. The predicted octanol–water partition coefficient (Wildman–Crippen LogP) is 4.47. The fourth-order valence-electron chi connectivity index (χ4n) is 3.81. The van der Waals surface area contributed by atoms with E-state index >= 15 is 0 Å². The summed E-state index contributed by atoms with van der Waals surface area (Å²) in [7, 11) is 2.39. The van der Waals surface area contributed by atoms with Gasteiger partial charge in [-0.15, -0.1) is 0 Å². The Labute approximate surface area is 178 Å². The van der Waals surface area contributed by atoms with Crippen LogP contribution in [0.25, 0.3) is 0 Å². The van der Waals surface area contributed by atoms with Gasteiger partial charge in [0.2, 0.25) is 5.75 Å². The first kappa shape index (κ1) is 20.9. The highest BCUT2D eigenvalue weighted by Gasteiger charge is 2.42. The summed E-state index contributed by atoms with van der Waals surface area (Å²) in [4.78, 5) is 13.2. The topological polar surface area (TPSA) is 61.6 Å². The number of rotatable bonds is 9. The van der Waals surface area contributed by atoms with Crippen molar-refractivity contribution in [3.8, 4) is 11.5 Å². The summed E-state index contributed by atoms with van der Waals surface area (Å²) in [5.74, 6) is 1.11. The van der Waals surface area contributed by atoms with Gasteiger partial charge in [-0.3, -0.25) is 19.5 Å². The molecule has 30 heavy (non-hydrogen) atoms. The molecule has 1 atom stereocenters. The van der Waals surface area contributed by atoms with Crippen LogP contribution in [-0.2, 0) is 0 Å². The number of hydrogen-bond donors (Lipinski definition) is 0. The second-order valence-electron chi connectivity index (χ2n) is 8.35. The Morgan fingerprint density at radius 3 is 2.40 bits per heavy atom. The van der Waals surface area contributed by atoms with Gasteiger partial charge in [0.15, 0.2) is 0 Å². The van der Waals surface area contributed by atoms with Gasteiger partial charge in [-0.1, -0.05) is 25.4 Å². The van der Waals surface area contributed by atoms with Crippen molar-refractivity contribution >= 4 is 24.9 Å². The van der Waals surface area contributed by atoms with Crippen molar-refractivity contribution in [1.29, 1.82) is 0 Å². The third-order valence-electron chi connectivity index (χ3n) is 5.78. The van der Waals surface area contributed by atoms with Crippen LogP contribution in [0.1, 0.15) is 18.4 Å². The molecule has 0 aromatic heterocycles. The molecular formula is C22H29N4O3P. The van der Waals surface area contributed by atoms with Crippen LogP contribution in [-0.4, -0.2) is 67.0 Å². The van der Waals surface area contributed by atoms with Gasteiger partial charge in [0.25, 0.3) is 0 Å². The summed E-state index contributed by atoms with van der Waals surface area (Å²) in [5.41, 5.74) is 2.01. The molecule has 2 aromatic carbocycles. The fraction of sp³-hybridized carbons (Fsp3) is 0.409. The summed E-state index contributed by atoms with van der Waals surface area (Å²) < 4.78 is 11.0. The van der Waals surface area contributed by atoms with Crippen molar-refractivity contribution in [2.45, 2.75) is 12.8 Å². The van der Waals surface area contributed by atoms with Gasteiger partial charge in [-0.25, -0.2) is 0 Å². The number of nitrogens with zero attached hydrogens (tertiary/aromatic N) is 4. The van der Waals surface area contributed by atoms with Crippen LogP contribution in [0.2, 0.25) is 0 Å². The zero-order valence-electron chi connectivity index (χ0n) is 17.8. The van der Waals surface area contributed by atoms with Crippen molar-refractivity contribution in [3.63, 3.8) is 0 Å². The maximum atomic E-state index is 11.6. The van der Waals surface area contributed by atoms with Gasteiger partial charge in [-0.05, 0) is 35.8 Å². The van der Waals surface area contributed by atoms with E-state index in [2.05, 4.69) is 22.6 Å². The zero-order valence-corrected chi connectivity index (χ0v) is 18.7. The molecule has 0 aliphatic carbocycles. The van der Waals surface area contributed by atoms with Gasteiger partial charge in [0, 0.05) is 65.3 Å². The monoisotopic (exact) mass is 428 g/mol. The van der Waals surface area contributed by atoms with E-state index < -0.39 is 7.19 Å². The smallest absolute Gasteiger partial charge is 0.311 e. The first-order valence-electron chi connectivity index (χ1n) is 10.2. The van der Waals surface area contributed by atoms with E-state index in [0.29, 0.717) is 5.75 Å². The Morgan fingerprint density at radius 1 is 1.17 bits per heavy atom. The Bertz CT molecular complexity index is 986. The highest BCUT2D eigenvalue weighted by Crippen LogP contribution is 2.61. The molecule has 2 aliphatic rings. The molecule has 1 unspecified atom stereocenters. The Balaban J connectivity index is 1.60. The highest BCUT2D eigenvalue weighted by atomic mass is 31.2. The molecular weight excluding hydrogens is 399 g/mol. The average molecular weight is 428 g/mol. The second-order valence-corrected chi connectivity index (χ2v) is 11.6. The zero-order chi connectivity index (χ0) is 21.5. The lowest BCUT2D eigenvalue weighted by molar-refractivity contribution is -0.385. The summed E-state index contributed by atoms with van der Waals surface area (Å²) in [6.45, 7) is 6.73. The van der Waals surface area contributed by atoms with Crippen LogP contribution < -0.4 is 9.64 Å². The molecule has 0 N–H and O–H groups in total. The molecule has 4 rings (SSSR count). The second kappa shape index (κ2) is 8.06. The van der Waals surface area contributed by atoms with Gasteiger partial charge in [-0.2, -0.15) is 0 Å². The van der Waals surface area contributed by atoms with Gasteiger partial charge in [0.1, 0.15) is 5.75 Å². The third kappa shape index (κ3) is 4.38. The number of hydrogen-bond acceptors (Lipinski definition) is 6. The quantitative estimate of drug-likeness (QED) is 0.254. The fourth-order valence-corrected chi connectivity index (χ4v) is 7.39. The maximum Gasteiger partial charge on any atom is 0.311 e. The maximum absolute atomic E-state index is 11.6. The highest BCUT2D eigenvalue weighted by molar-refractivity contribution is 7.69. The summed E-state index contributed by atoms with van der Waals surface area (Å²) in [5, 5.41) is 11.6. The molecule has 0 saturated carbocycles. The lowest BCUT2D eigenvalue weighted by Crippen LogP contribution is -2.13. The number of anilines is 1. The summed E-state index contributed by atoms with van der Waals surface area (Å²) in [6.07, 6.45) is 5.63. The SMILES string of the molecule is C=P(CC(C)c1ccc([N+](=O)[O-])c(Oc2cccc(N(C)C)c2)c1)(N1CC1)N1CC1. The molecule has 2 aromatic rings. The van der Waals surface area contributed by atoms with Crippen LogP contribution in [0.4, 0.5) is 11.4 Å². The van der Waals surface area contributed by atoms with Crippen molar-refractivity contribution in [2.24, 2.45) is 0 Å². The Morgan fingerprint density at radius 2 is 1.83 bits per heavy atom. The molecule has 0 spiro atoms. The van der Waals surface area contributed by atoms with Crippen LogP contribution in [0.15, 0.2) is 42.5 Å². The van der Waals surface area contributed by atoms with Crippen LogP contribution in [0.5, 0.6) is 11.5 Å². The minimum Gasteiger partial charge on any atom is -0.450 e. The molecule has 8 heteroatoms. The van der Waals surface area contributed by atoms with E-state index in [1.54, 1.807) is 6.07 Å². The molecule has 2 aliphatic heterocycles. The molecule has 0 radical (unpaired) electrons. The first-order valence-corrected chi connectivity index (χ1v) is 12.3. The largest absolute Gasteiger partial charge is 0.450 e. The Kier molecular flexibility index (Phi) is 5.62. The predicted molar refractivity (Wildman–Crippen MR) is 124 cm³/mol. The minimum absolute atomic E-state index is 0.0197. The van der Waals surface area contributed by atoms with E-state index in [-0.39, 0.29) is 22.3 Å². The van der Waals surface area contributed by atoms with Crippen molar-refractivity contribution < 1.29 is 9.66 Å². The lowest BCUT2D eigenvalue weighted by atomic mass is 10.0. The third-order valence-corrected chi connectivity index (χ3v) is 9.82. The normalized spacial score (nSPS) is 17.4. The molecule has 0 bridgehead atoms. The van der Waals surface area contributed by atoms with Gasteiger partial charge >= 0.3 is 5.69 Å². The number of ether oxygens (including phenoxy) is 1. The van der Waals surface area contributed by atoms with Crippen LogP contribution in [0.3, 0.4) is 0 Å². The van der Waals surface area contributed by atoms with Crippen molar-refractivity contribution in [3.05, 3.63) is 58.1 Å². The molecule has 0 amide bonds. The Hall–Kier alpha value is -2.34. The lowest BCUT2D eigenvalue weighted by Gasteiger charge is -2.30. The van der Waals surface area contributed by atoms with E-state index in [0.717, 1.165) is 43.6 Å². The summed E-state index contributed by atoms with van der Waals surface area (Å²) in [6, 6.07) is 12.8.